The molecule has 0 radical (unpaired) electrons. The maximum absolute atomic E-state index is 12.9. The largest absolute Gasteiger partial charge is 0.326 e. The predicted molar refractivity (Wildman–Crippen MR) is 111 cm³/mol. The summed E-state index contributed by atoms with van der Waals surface area (Å²) < 4.78 is 0. The van der Waals surface area contributed by atoms with Crippen LogP contribution in [-0.2, 0) is 4.79 Å². The van der Waals surface area contributed by atoms with Crippen LogP contribution < -0.4 is 5.32 Å². The van der Waals surface area contributed by atoms with E-state index in [1.165, 1.54) is 0 Å². The van der Waals surface area contributed by atoms with Gasteiger partial charge in [0.05, 0.1) is 10.8 Å². The van der Waals surface area contributed by atoms with Gasteiger partial charge in [-0.1, -0.05) is 35.9 Å². The number of anilines is 1. The van der Waals surface area contributed by atoms with Gasteiger partial charge in [0.1, 0.15) is 0 Å². The number of amides is 1. The van der Waals surface area contributed by atoms with E-state index < -0.39 is 4.87 Å². The van der Waals surface area contributed by atoms with Gasteiger partial charge in [0, 0.05) is 16.6 Å². The first kappa shape index (κ1) is 19.0. The normalized spacial score (nSPS) is 24.2. The molecule has 0 aliphatic heterocycles. The molecule has 1 amide bonds. The number of rotatable bonds is 4. The van der Waals surface area contributed by atoms with E-state index >= 15 is 0 Å². The Balaban J connectivity index is 1.82. The lowest BCUT2D eigenvalue weighted by Gasteiger charge is -2.10. The molecule has 3 atom stereocenters. The van der Waals surface area contributed by atoms with E-state index in [1.807, 2.05) is 58.0 Å². The van der Waals surface area contributed by atoms with Crippen molar-refractivity contribution in [1.29, 1.82) is 0 Å². The van der Waals surface area contributed by atoms with Gasteiger partial charge in [0.2, 0.25) is 5.91 Å². The van der Waals surface area contributed by atoms with Crippen LogP contribution >= 0.6 is 23.2 Å². The van der Waals surface area contributed by atoms with Gasteiger partial charge in [-0.3, -0.25) is 4.79 Å². The van der Waals surface area contributed by atoms with Crippen molar-refractivity contribution in [2.45, 2.75) is 38.5 Å². The molecular weight excluding hydrogens is 365 g/mol. The summed E-state index contributed by atoms with van der Waals surface area (Å²) in [5, 5.41) is 3.68. The molecule has 1 fully saturated rings. The molecule has 0 heterocycles. The third kappa shape index (κ3) is 3.54. The molecule has 2 aromatic carbocycles. The summed E-state index contributed by atoms with van der Waals surface area (Å²) in [6, 6.07) is 11.7. The Morgan fingerprint density at radius 1 is 1.19 bits per heavy atom. The van der Waals surface area contributed by atoms with Crippen LogP contribution in [0.3, 0.4) is 0 Å². The van der Waals surface area contributed by atoms with Crippen LogP contribution in [0.1, 0.15) is 42.0 Å². The van der Waals surface area contributed by atoms with Gasteiger partial charge in [-0.15, -0.1) is 11.6 Å². The standard InChI is InChI=1S/C22H23Cl2NO/c1-12(2)18-11-17(7-6-14(18)4)25-21(26)20-19(22(20,5)24)15-8-13(3)9-16(23)10-15/h6-11,19-20H,1H2,2-5H3,(H,25,26). The highest BCUT2D eigenvalue weighted by molar-refractivity contribution is 6.31. The molecular formula is C22H23Cl2NO. The number of carbonyl (C=O) groups is 1. The molecule has 1 aliphatic rings. The van der Waals surface area contributed by atoms with E-state index in [2.05, 4.69) is 18.0 Å². The zero-order valence-corrected chi connectivity index (χ0v) is 17.0. The fraction of sp³-hybridized carbons (Fsp3) is 0.318. The molecule has 1 saturated carbocycles. The molecule has 2 nitrogen and oxygen atoms in total. The minimum absolute atomic E-state index is 0.0485. The van der Waals surface area contributed by atoms with Gasteiger partial charge in [0.25, 0.3) is 0 Å². The minimum atomic E-state index is -0.608. The maximum atomic E-state index is 12.9. The summed E-state index contributed by atoms with van der Waals surface area (Å²) in [5.41, 5.74) is 6.00. The highest BCUT2D eigenvalue weighted by Gasteiger charge is 2.64. The van der Waals surface area contributed by atoms with Gasteiger partial charge < -0.3 is 5.32 Å². The number of alkyl halides is 1. The Bertz CT molecular complexity index is 881. The van der Waals surface area contributed by atoms with Crippen LogP contribution in [0, 0.1) is 19.8 Å². The first-order valence-corrected chi connectivity index (χ1v) is 9.40. The average molecular weight is 388 g/mol. The maximum Gasteiger partial charge on any atom is 0.229 e. The quantitative estimate of drug-likeness (QED) is 0.609. The summed E-state index contributed by atoms with van der Waals surface area (Å²) in [7, 11) is 0. The Kier molecular flexibility index (Phi) is 4.94. The third-order valence-electron chi connectivity index (χ3n) is 5.11. The summed E-state index contributed by atoms with van der Waals surface area (Å²) in [6.07, 6.45) is 0. The zero-order chi connectivity index (χ0) is 19.2. The third-order valence-corrected chi connectivity index (χ3v) is 5.80. The Labute approximate surface area is 165 Å². The molecule has 1 aliphatic carbocycles. The van der Waals surface area contributed by atoms with Gasteiger partial charge >= 0.3 is 0 Å². The van der Waals surface area contributed by atoms with Crippen LogP contribution in [0.25, 0.3) is 5.57 Å². The summed E-state index contributed by atoms with van der Waals surface area (Å²) in [6.45, 7) is 11.9. The second-order valence-corrected chi connectivity index (χ2v) is 8.72. The highest BCUT2D eigenvalue weighted by atomic mass is 35.5. The lowest BCUT2D eigenvalue weighted by Crippen LogP contribution is -2.17. The van der Waals surface area contributed by atoms with Crippen molar-refractivity contribution in [3.05, 3.63) is 70.3 Å². The highest BCUT2D eigenvalue weighted by Crippen LogP contribution is 2.62. The zero-order valence-electron chi connectivity index (χ0n) is 15.5. The second-order valence-electron chi connectivity index (χ2n) is 7.47. The summed E-state index contributed by atoms with van der Waals surface area (Å²) >= 11 is 12.8. The predicted octanol–water partition coefficient (Wildman–Crippen LogP) is 6.34. The molecule has 0 spiro atoms. The van der Waals surface area contributed by atoms with Crippen LogP contribution in [0.5, 0.6) is 0 Å². The molecule has 4 heteroatoms. The first-order valence-electron chi connectivity index (χ1n) is 8.64. The molecule has 0 aromatic heterocycles. The van der Waals surface area contributed by atoms with E-state index in [0.717, 1.165) is 33.5 Å². The molecule has 0 saturated heterocycles. The van der Waals surface area contributed by atoms with Crippen molar-refractivity contribution in [2.24, 2.45) is 5.92 Å². The number of halogens is 2. The number of nitrogens with one attached hydrogen (secondary N) is 1. The monoisotopic (exact) mass is 387 g/mol. The molecule has 136 valence electrons. The Morgan fingerprint density at radius 2 is 1.88 bits per heavy atom. The van der Waals surface area contributed by atoms with Crippen molar-refractivity contribution in [3.8, 4) is 0 Å². The number of hydrogen-bond acceptors (Lipinski definition) is 1. The molecule has 26 heavy (non-hydrogen) atoms. The van der Waals surface area contributed by atoms with E-state index in [-0.39, 0.29) is 17.7 Å². The lowest BCUT2D eigenvalue weighted by atomic mass is 10.0. The van der Waals surface area contributed by atoms with E-state index in [4.69, 9.17) is 23.2 Å². The van der Waals surface area contributed by atoms with E-state index in [0.29, 0.717) is 5.02 Å². The number of carbonyl (C=O) groups excluding carboxylic acids is 1. The second kappa shape index (κ2) is 6.75. The molecule has 0 bridgehead atoms. The number of benzene rings is 2. The van der Waals surface area contributed by atoms with Crippen molar-refractivity contribution in [2.75, 3.05) is 5.32 Å². The van der Waals surface area contributed by atoms with Gasteiger partial charge in [-0.2, -0.15) is 0 Å². The van der Waals surface area contributed by atoms with Crippen LogP contribution in [0.4, 0.5) is 5.69 Å². The Hall–Kier alpha value is -1.77. The Morgan fingerprint density at radius 3 is 2.50 bits per heavy atom. The number of hydrogen-bond donors (Lipinski definition) is 1. The lowest BCUT2D eigenvalue weighted by molar-refractivity contribution is -0.117. The summed E-state index contributed by atoms with van der Waals surface area (Å²) in [5.74, 6) is -0.411. The number of allylic oxidation sites excluding steroid dienone is 1. The number of aryl methyl sites for hydroxylation is 2. The fourth-order valence-corrected chi connectivity index (χ4v) is 4.44. The first-order chi connectivity index (χ1) is 12.1. The SMILES string of the molecule is C=C(C)c1cc(NC(=O)C2C(c3cc(C)cc(Cl)c3)C2(C)Cl)ccc1C. The fourth-order valence-electron chi connectivity index (χ4n) is 3.73. The smallest absolute Gasteiger partial charge is 0.229 e. The van der Waals surface area contributed by atoms with E-state index in [9.17, 15) is 4.79 Å². The minimum Gasteiger partial charge on any atom is -0.326 e. The molecule has 3 rings (SSSR count). The van der Waals surface area contributed by atoms with Gasteiger partial charge in [-0.25, -0.2) is 0 Å². The van der Waals surface area contributed by atoms with Gasteiger partial charge in [0.15, 0.2) is 0 Å². The molecule has 2 aromatic rings. The van der Waals surface area contributed by atoms with Crippen molar-refractivity contribution < 1.29 is 4.79 Å². The molecule has 3 unspecified atom stereocenters. The van der Waals surface area contributed by atoms with Crippen molar-refractivity contribution >= 4 is 40.4 Å². The van der Waals surface area contributed by atoms with Crippen LogP contribution in [0.15, 0.2) is 43.0 Å². The van der Waals surface area contributed by atoms with Crippen LogP contribution in [0.2, 0.25) is 5.02 Å². The topological polar surface area (TPSA) is 29.1 Å². The molecule has 1 N–H and O–H groups in total. The van der Waals surface area contributed by atoms with E-state index in [1.54, 1.807) is 0 Å². The van der Waals surface area contributed by atoms with Crippen LogP contribution in [-0.4, -0.2) is 10.8 Å². The van der Waals surface area contributed by atoms with Gasteiger partial charge in [-0.05, 0) is 74.2 Å². The average Bonchev–Trinajstić information content (AvgIpc) is 3.10. The van der Waals surface area contributed by atoms with Crippen molar-refractivity contribution in [1.82, 2.24) is 0 Å². The van der Waals surface area contributed by atoms with Crippen molar-refractivity contribution in [3.63, 3.8) is 0 Å². The summed E-state index contributed by atoms with van der Waals surface area (Å²) in [4.78, 5) is 12.3.